The molecule has 0 aliphatic heterocycles. The first-order chi connectivity index (χ1) is 8.90. The standard InChI is InChI=1S/C14H20FNO2S/c1-10-4-3-5-14(11(10)2)16-19(17,18)13-8-6-12(15)7-9-13/h6-11,14,16H,3-5H2,1-2H3. The van der Waals surface area contributed by atoms with Gasteiger partial charge in [-0.25, -0.2) is 17.5 Å². The number of hydrogen-bond acceptors (Lipinski definition) is 2. The van der Waals surface area contributed by atoms with Crippen LogP contribution < -0.4 is 4.72 Å². The lowest BCUT2D eigenvalue weighted by molar-refractivity contribution is 0.227. The van der Waals surface area contributed by atoms with E-state index in [9.17, 15) is 12.8 Å². The minimum atomic E-state index is -3.55. The van der Waals surface area contributed by atoms with E-state index in [1.165, 1.54) is 24.3 Å². The summed E-state index contributed by atoms with van der Waals surface area (Å²) in [7, 11) is -3.55. The molecule has 0 radical (unpaired) electrons. The minimum Gasteiger partial charge on any atom is -0.208 e. The smallest absolute Gasteiger partial charge is 0.208 e. The molecule has 2 rings (SSSR count). The fourth-order valence-electron chi connectivity index (χ4n) is 2.63. The molecular weight excluding hydrogens is 265 g/mol. The molecule has 0 spiro atoms. The zero-order valence-electron chi connectivity index (χ0n) is 11.3. The Morgan fingerprint density at radius 1 is 1.16 bits per heavy atom. The van der Waals surface area contributed by atoms with Crippen LogP contribution >= 0.6 is 0 Å². The van der Waals surface area contributed by atoms with Gasteiger partial charge in [-0.2, -0.15) is 0 Å². The van der Waals surface area contributed by atoms with E-state index in [1.807, 2.05) is 0 Å². The van der Waals surface area contributed by atoms with E-state index in [-0.39, 0.29) is 10.9 Å². The number of rotatable bonds is 3. The van der Waals surface area contributed by atoms with Crippen molar-refractivity contribution in [1.29, 1.82) is 0 Å². The van der Waals surface area contributed by atoms with Gasteiger partial charge in [0.15, 0.2) is 0 Å². The summed E-state index contributed by atoms with van der Waals surface area (Å²) in [6, 6.07) is 4.91. The molecule has 3 atom stereocenters. The van der Waals surface area contributed by atoms with E-state index in [1.54, 1.807) is 0 Å². The second kappa shape index (κ2) is 5.59. The average molecular weight is 285 g/mol. The molecule has 0 amide bonds. The van der Waals surface area contributed by atoms with Gasteiger partial charge in [0.2, 0.25) is 10.0 Å². The highest BCUT2D eigenvalue weighted by atomic mass is 32.2. The fraction of sp³-hybridized carbons (Fsp3) is 0.571. The summed E-state index contributed by atoms with van der Waals surface area (Å²) in [6.45, 7) is 4.24. The van der Waals surface area contributed by atoms with E-state index < -0.39 is 15.8 Å². The van der Waals surface area contributed by atoms with Crippen molar-refractivity contribution in [1.82, 2.24) is 4.72 Å². The van der Waals surface area contributed by atoms with Crippen LogP contribution in [0, 0.1) is 17.7 Å². The second-order valence-corrected chi connectivity index (χ2v) is 7.16. The van der Waals surface area contributed by atoms with Gasteiger partial charge in [0.1, 0.15) is 5.82 Å². The molecule has 0 saturated heterocycles. The lowest BCUT2D eigenvalue weighted by Gasteiger charge is -2.34. The zero-order valence-corrected chi connectivity index (χ0v) is 12.1. The van der Waals surface area contributed by atoms with Crippen LogP contribution in [0.25, 0.3) is 0 Å². The topological polar surface area (TPSA) is 46.2 Å². The van der Waals surface area contributed by atoms with Crippen LogP contribution in [-0.2, 0) is 10.0 Å². The molecule has 106 valence electrons. The molecule has 0 bridgehead atoms. The maximum absolute atomic E-state index is 12.8. The van der Waals surface area contributed by atoms with Crippen molar-refractivity contribution in [2.24, 2.45) is 11.8 Å². The van der Waals surface area contributed by atoms with E-state index in [4.69, 9.17) is 0 Å². The molecule has 1 N–H and O–H groups in total. The quantitative estimate of drug-likeness (QED) is 0.928. The van der Waals surface area contributed by atoms with Crippen molar-refractivity contribution in [3.63, 3.8) is 0 Å². The van der Waals surface area contributed by atoms with Gasteiger partial charge in [0.05, 0.1) is 4.90 Å². The Kier molecular flexibility index (Phi) is 4.26. The number of sulfonamides is 1. The molecule has 1 aromatic carbocycles. The molecule has 1 fully saturated rings. The Balaban J connectivity index is 2.15. The van der Waals surface area contributed by atoms with E-state index in [0.29, 0.717) is 11.8 Å². The van der Waals surface area contributed by atoms with Crippen molar-refractivity contribution in [3.05, 3.63) is 30.1 Å². The average Bonchev–Trinajstić information content (AvgIpc) is 2.35. The Morgan fingerprint density at radius 2 is 1.79 bits per heavy atom. The van der Waals surface area contributed by atoms with Crippen LogP contribution in [0.2, 0.25) is 0 Å². The van der Waals surface area contributed by atoms with Gasteiger partial charge in [-0.05, 0) is 42.5 Å². The summed E-state index contributed by atoms with van der Waals surface area (Å²) < 4.78 is 40.1. The van der Waals surface area contributed by atoms with Crippen molar-refractivity contribution in [3.8, 4) is 0 Å². The van der Waals surface area contributed by atoms with Gasteiger partial charge in [0.25, 0.3) is 0 Å². The lowest BCUT2D eigenvalue weighted by atomic mass is 9.78. The van der Waals surface area contributed by atoms with Crippen LogP contribution in [0.1, 0.15) is 33.1 Å². The van der Waals surface area contributed by atoms with E-state index in [2.05, 4.69) is 18.6 Å². The summed E-state index contributed by atoms with van der Waals surface area (Å²) in [6.07, 6.45) is 3.06. The Hall–Kier alpha value is -0.940. The molecule has 19 heavy (non-hydrogen) atoms. The van der Waals surface area contributed by atoms with Gasteiger partial charge < -0.3 is 0 Å². The first-order valence-electron chi connectivity index (χ1n) is 6.68. The summed E-state index contributed by atoms with van der Waals surface area (Å²) in [5.74, 6) is 0.414. The van der Waals surface area contributed by atoms with Gasteiger partial charge in [-0.3, -0.25) is 0 Å². The first kappa shape index (κ1) is 14.5. The molecule has 5 heteroatoms. The van der Waals surface area contributed by atoms with Crippen LogP contribution in [0.4, 0.5) is 4.39 Å². The molecular formula is C14H20FNO2S. The molecule has 0 aromatic heterocycles. The first-order valence-corrected chi connectivity index (χ1v) is 8.16. The third kappa shape index (κ3) is 3.34. The van der Waals surface area contributed by atoms with Gasteiger partial charge in [-0.1, -0.05) is 26.7 Å². The Morgan fingerprint density at radius 3 is 2.42 bits per heavy atom. The fourth-order valence-corrected chi connectivity index (χ4v) is 3.99. The Labute approximate surface area is 114 Å². The maximum Gasteiger partial charge on any atom is 0.240 e. The van der Waals surface area contributed by atoms with Crippen molar-refractivity contribution in [2.45, 2.75) is 44.0 Å². The predicted octanol–water partition coefficient (Wildman–Crippen LogP) is 2.93. The zero-order chi connectivity index (χ0) is 14.0. The molecule has 3 unspecified atom stereocenters. The number of halogens is 1. The van der Waals surface area contributed by atoms with Crippen molar-refractivity contribution in [2.75, 3.05) is 0 Å². The molecule has 3 nitrogen and oxygen atoms in total. The van der Waals surface area contributed by atoms with Crippen molar-refractivity contribution >= 4 is 10.0 Å². The highest BCUT2D eigenvalue weighted by Gasteiger charge is 2.30. The highest BCUT2D eigenvalue weighted by Crippen LogP contribution is 2.30. The van der Waals surface area contributed by atoms with Gasteiger partial charge in [0, 0.05) is 6.04 Å². The Bertz CT molecular complexity index is 527. The summed E-state index contributed by atoms with van der Waals surface area (Å²) >= 11 is 0. The van der Waals surface area contributed by atoms with Crippen LogP contribution in [0.5, 0.6) is 0 Å². The van der Waals surface area contributed by atoms with Crippen LogP contribution in [0.15, 0.2) is 29.2 Å². The normalized spacial score (nSPS) is 28.3. The second-order valence-electron chi connectivity index (χ2n) is 5.45. The summed E-state index contributed by atoms with van der Waals surface area (Å²) in [4.78, 5) is 0.124. The molecule has 1 aromatic rings. The summed E-state index contributed by atoms with van der Waals surface area (Å²) in [5, 5.41) is 0. The number of hydrogen-bond donors (Lipinski definition) is 1. The monoisotopic (exact) mass is 285 g/mol. The van der Waals surface area contributed by atoms with E-state index >= 15 is 0 Å². The minimum absolute atomic E-state index is 0.0289. The predicted molar refractivity (Wildman–Crippen MR) is 72.7 cm³/mol. The number of benzene rings is 1. The van der Waals surface area contributed by atoms with Crippen LogP contribution in [0.3, 0.4) is 0 Å². The molecule has 1 saturated carbocycles. The number of nitrogens with one attached hydrogen (secondary N) is 1. The third-order valence-corrected chi connectivity index (χ3v) is 5.64. The molecule has 0 heterocycles. The largest absolute Gasteiger partial charge is 0.240 e. The van der Waals surface area contributed by atoms with E-state index in [0.717, 1.165) is 19.3 Å². The molecule has 1 aliphatic carbocycles. The van der Waals surface area contributed by atoms with Crippen LogP contribution in [-0.4, -0.2) is 14.5 Å². The third-order valence-electron chi connectivity index (χ3n) is 4.14. The summed E-state index contributed by atoms with van der Waals surface area (Å²) in [5.41, 5.74) is 0. The maximum atomic E-state index is 12.8. The molecule has 1 aliphatic rings. The van der Waals surface area contributed by atoms with Crippen molar-refractivity contribution < 1.29 is 12.8 Å². The van der Waals surface area contributed by atoms with Gasteiger partial charge in [-0.15, -0.1) is 0 Å². The van der Waals surface area contributed by atoms with Gasteiger partial charge >= 0.3 is 0 Å². The lowest BCUT2D eigenvalue weighted by Crippen LogP contribution is -2.43. The highest BCUT2D eigenvalue weighted by molar-refractivity contribution is 7.89. The SMILES string of the molecule is CC1CCCC(NS(=O)(=O)c2ccc(F)cc2)C1C.